The average Bonchev–Trinajstić information content (AvgIpc) is 3.01. The van der Waals surface area contributed by atoms with Crippen molar-refractivity contribution >= 4 is 5.91 Å². The molecule has 7 heteroatoms. The number of benzene rings is 1. The van der Waals surface area contributed by atoms with Crippen molar-refractivity contribution in [2.24, 2.45) is 0 Å². The lowest BCUT2D eigenvalue weighted by atomic mass is 9.95. The maximum Gasteiger partial charge on any atom is 0.419 e. The smallest absolute Gasteiger partial charge is 0.356 e. The van der Waals surface area contributed by atoms with Gasteiger partial charge in [0.15, 0.2) is 0 Å². The molecule has 0 bridgehead atoms. The number of carbonyl (C=O) groups excluding carboxylic acids is 1. The highest BCUT2D eigenvalue weighted by molar-refractivity contribution is 5.77. The second-order valence-electron chi connectivity index (χ2n) is 6.74. The molecule has 1 aliphatic rings. The molecule has 1 amide bonds. The number of aromatic nitrogens is 1. The minimum Gasteiger partial charge on any atom is -0.356 e. The van der Waals surface area contributed by atoms with Crippen molar-refractivity contribution < 1.29 is 22.4 Å². The Morgan fingerprint density at radius 3 is 2.74 bits per heavy atom. The van der Waals surface area contributed by atoms with Crippen LogP contribution in [0.15, 0.2) is 30.6 Å². The van der Waals surface area contributed by atoms with Crippen molar-refractivity contribution in [3.05, 3.63) is 53.1 Å². The van der Waals surface area contributed by atoms with Gasteiger partial charge in [-0.15, -0.1) is 0 Å². The van der Waals surface area contributed by atoms with Gasteiger partial charge in [0.25, 0.3) is 0 Å². The van der Waals surface area contributed by atoms with Crippen LogP contribution >= 0.6 is 0 Å². The molecule has 1 aromatic carbocycles. The fraction of sp³-hybridized carbons (Fsp3) is 0.400. The van der Waals surface area contributed by atoms with Gasteiger partial charge in [-0.3, -0.25) is 9.78 Å². The minimum atomic E-state index is -4.73. The summed E-state index contributed by atoms with van der Waals surface area (Å²) in [6.45, 7) is 2.60. The zero-order valence-corrected chi connectivity index (χ0v) is 14.9. The van der Waals surface area contributed by atoms with Crippen molar-refractivity contribution in [3.8, 4) is 11.1 Å². The van der Waals surface area contributed by atoms with E-state index in [0.29, 0.717) is 30.5 Å². The third kappa shape index (κ3) is 4.12. The SMILES string of the molecule is CCCNC(=O)CC1CCc2c(-c3ccc(C(F)(F)F)c(F)c3)cncc21. The van der Waals surface area contributed by atoms with Crippen molar-refractivity contribution in [1.29, 1.82) is 0 Å². The fourth-order valence-corrected chi connectivity index (χ4v) is 3.54. The van der Waals surface area contributed by atoms with Gasteiger partial charge in [0.1, 0.15) is 5.82 Å². The van der Waals surface area contributed by atoms with E-state index in [1.807, 2.05) is 6.92 Å². The quantitative estimate of drug-likeness (QED) is 0.754. The van der Waals surface area contributed by atoms with Gasteiger partial charge in [0.2, 0.25) is 5.91 Å². The first-order chi connectivity index (χ1) is 12.8. The second-order valence-corrected chi connectivity index (χ2v) is 6.74. The topological polar surface area (TPSA) is 42.0 Å². The standard InChI is InChI=1S/C20H20F4N2O/c1-2-7-26-19(27)9-13-3-5-14-15(10-25-11-16(13)14)12-4-6-17(18(21)8-12)20(22,23)24/h4,6,8,10-11,13H,2-3,5,7,9H2,1H3,(H,26,27). The molecule has 144 valence electrons. The highest BCUT2D eigenvalue weighted by atomic mass is 19.4. The molecule has 1 atom stereocenters. The second kappa shape index (κ2) is 7.66. The lowest BCUT2D eigenvalue weighted by molar-refractivity contribution is -0.140. The van der Waals surface area contributed by atoms with Crippen LogP contribution < -0.4 is 5.32 Å². The average molecular weight is 380 g/mol. The molecule has 1 unspecified atom stereocenters. The third-order valence-electron chi connectivity index (χ3n) is 4.86. The third-order valence-corrected chi connectivity index (χ3v) is 4.86. The van der Waals surface area contributed by atoms with E-state index < -0.39 is 17.6 Å². The molecule has 2 aromatic rings. The Labute approximate surface area is 154 Å². The van der Waals surface area contributed by atoms with Crippen molar-refractivity contribution in [2.75, 3.05) is 6.54 Å². The summed E-state index contributed by atoms with van der Waals surface area (Å²) in [5.74, 6) is -1.31. The number of amides is 1. The van der Waals surface area contributed by atoms with Crippen LogP contribution in [-0.4, -0.2) is 17.4 Å². The van der Waals surface area contributed by atoms with Crippen molar-refractivity contribution in [2.45, 2.75) is 44.7 Å². The highest BCUT2D eigenvalue weighted by Gasteiger charge is 2.34. The molecule has 1 aliphatic carbocycles. The Kier molecular flexibility index (Phi) is 5.48. The Balaban J connectivity index is 1.88. The summed E-state index contributed by atoms with van der Waals surface area (Å²) in [5.41, 5.74) is 1.55. The van der Waals surface area contributed by atoms with Gasteiger partial charge in [-0.1, -0.05) is 13.0 Å². The van der Waals surface area contributed by atoms with Crippen LogP contribution in [0, 0.1) is 5.82 Å². The van der Waals surface area contributed by atoms with Gasteiger partial charge in [0, 0.05) is 30.9 Å². The molecule has 1 aromatic heterocycles. The summed E-state index contributed by atoms with van der Waals surface area (Å²) in [7, 11) is 0. The zero-order valence-electron chi connectivity index (χ0n) is 14.9. The van der Waals surface area contributed by atoms with E-state index >= 15 is 0 Å². The predicted octanol–water partition coefficient (Wildman–Crippen LogP) is 4.85. The van der Waals surface area contributed by atoms with Crippen LogP contribution in [0.25, 0.3) is 11.1 Å². The van der Waals surface area contributed by atoms with Crippen LogP contribution in [0.2, 0.25) is 0 Å². The highest BCUT2D eigenvalue weighted by Crippen LogP contribution is 2.41. The largest absolute Gasteiger partial charge is 0.419 e. The molecule has 27 heavy (non-hydrogen) atoms. The van der Waals surface area contributed by atoms with Gasteiger partial charge in [0.05, 0.1) is 5.56 Å². The molecule has 0 fully saturated rings. The fourth-order valence-electron chi connectivity index (χ4n) is 3.54. The predicted molar refractivity (Wildman–Crippen MR) is 93.6 cm³/mol. The summed E-state index contributed by atoms with van der Waals surface area (Å²) in [6, 6.07) is 2.93. The van der Waals surface area contributed by atoms with Crippen LogP contribution in [0.4, 0.5) is 17.6 Å². The van der Waals surface area contributed by atoms with E-state index in [1.54, 1.807) is 12.4 Å². The first-order valence-corrected chi connectivity index (χ1v) is 8.91. The molecular formula is C20H20F4N2O. The van der Waals surface area contributed by atoms with E-state index in [9.17, 15) is 22.4 Å². The number of nitrogens with one attached hydrogen (secondary N) is 1. The zero-order chi connectivity index (χ0) is 19.6. The summed E-state index contributed by atoms with van der Waals surface area (Å²) < 4.78 is 52.3. The number of fused-ring (bicyclic) bond motifs is 1. The lowest BCUT2D eigenvalue weighted by Gasteiger charge is -2.14. The van der Waals surface area contributed by atoms with Crippen molar-refractivity contribution in [3.63, 3.8) is 0 Å². The Hall–Kier alpha value is -2.44. The summed E-state index contributed by atoms with van der Waals surface area (Å²) >= 11 is 0. The first-order valence-electron chi connectivity index (χ1n) is 8.91. The van der Waals surface area contributed by atoms with Gasteiger partial charge in [-0.2, -0.15) is 13.2 Å². The number of hydrogen-bond acceptors (Lipinski definition) is 2. The number of alkyl halides is 3. The van der Waals surface area contributed by atoms with E-state index in [-0.39, 0.29) is 11.8 Å². The van der Waals surface area contributed by atoms with Gasteiger partial charge < -0.3 is 5.32 Å². The molecule has 0 aliphatic heterocycles. The van der Waals surface area contributed by atoms with Gasteiger partial charge in [-0.05, 0) is 54.0 Å². The minimum absolute atomic E-state index is 0.0172. The number of rotatable bonds is 5. The molecule has 0 saturated carbocycles. The maximum absolute atomic E-state index is 14.0. The number of nitrogens with zero attached hydrogens (tertiary/aromatic N) is 1. The van der Waals surface area contributed by atoms with Gasteiger partial charge >= 0.3 is 6.18 Å². The molecule has 0 spiro atoms. The van der Waals surface area contributed by atoms with E-state index in [4.69, 9.17) is 0 Å². The number of pyridine rings is 1. The van der Waals surface area contributed by atoms with Crippen LogP contribution in [0.5, 0.6) is 0 Å². The Morgan fingerprint density at radius 2 is 2.07 bits per heavy atom. The summed E-state index contributed by atoms with van der Waals surface area (Å²) in [5, 5.41) is 2.85. The summed E-state index contributed by atoms with van der Waals surface area (Å²) in [6.07, 6.45) is 1.16. The van der Waals surface area contributed by atoms with E-state index in [2.05, 4.69) is 10.3 Å². The lowest BCUT2D eigenvalue weighted by Crippen LogP contribution is -2.25. The molecule has 0 radical (unpaired) electrons. The van der Waals surface area contributed by atoms with Gasteiger partial charge in [-0.25, -0.2) is 4.39 Å². The molecular weight excluding hydrogens is 360 g/mol. The number of hydrogen-bond donors (Lipinski definition) is 1. The number of halogens is 4. The molecule has 3 nitrogen and oxygen atoms in total. The normalized spacial score (nSPS) is 16.3. The Bertz CT molecular complexity index is 848. The maximum atomic E-state index is 14.0. The van der Waals surface area contributed by atoms with E-state index in [0.717, 1.165) is 36.1 Å². The summed E-state index contributed by atoms with van der Waals surface area (Å²) in [4.78, 5) is 16.2. The van der Waals surface area contributed by atoms with Crippen LogP contribution in [-0.2, 0) is 17.4 Å². The first kappa shape index (κ1) is 19.3. The van der Waals surface area contributed by atoms with Crippen molar-refractivity contribution in [1.82, 2.24) is 10.3 Å². The molecule has 1 heterocycles. The van der Waals surface area contributed by atoms with Crippen LogP contribution in [0.3, 0.4) is 0 Å². The molecule has 3 rings (SSSR count). The molecule has 0 saturated heterocycles. The number of carbonyl (C=O) groups is 1. The molecule has 1 N–H and O–H groups in total. The monoisotopic (exact) mass is 380 g/mol. The van der Waals surface area contributed by atoms with Crippen LogP contribution in [0.1, 0.15) is 48.8 Å². The Morgan fingerprint density at radius 1 is 1.30 bits per heavy atom. The van der Waals surface area contributed by atoms with E-state index in [1.165, 1.54) is 6.07 Å².